The molecule has 1 fully saturated rings. The summed E-state index contributed by atoms with van der Waals surface area (Å²) in [6, 6.07) is 0.706. The van der Waals surface area contributed by atoms with Crippen molar-refractivity contribution in [2.45, 2.75) is 110 Å². The van der Waals surface area contributed by atoms with Crippen molar-refractivity contribution in [3.63, 3.8) is 0 Å². The van der Waals surface area contributed by atoms with Crippen molar-refractivity contribution in [2.24, 2.45) is 5.92 Å². The van der Waals surface area contributed by atoms with Crippen LogP contribution in [0.5, 0.6) is 0 Å². The van der Waals surface area contributed by atoms with Crippen LogP contribution in [0.25, 0.3) is 0 Å². The lowest BCUT2D eigenvalue weighted by molar-refractivity contribution is -0.136. The molecule has 3 atom stereocenters. The monoisotopic (exact) mass is 534 g/mol. The lowest BCUT2D eigenvalue weighted by Crippen LogP contribution is -2.77. The fourth-order valence-electron chi connectivity index (χ4n) is 5.21. The Labute approximate surface area is 204 Å². The lowest BCUT2D eigenvalue weighted by atomic mass is 9.94. The van der Waals surface area contributed by atoms with Gasteiger partial charge in [-0.15, -0.1) is 0 Å². The van der Waals surface area contributed by atoms with Gasteiger partial charge in [0.2, 0.25) is 7.83 Å². The zero-order valence-electron chi connectivity index (χ0n) is 22.7. The van der Waals surface area contributed by atoms with E-state index in [0.717, 1.165) is 6.42 Å². The van der Waals surface area contributed by atoms with Gasteiger partial charge in [-0.25, -0.2) is 9.59 Å². The van der Waals surface area contributed by atoms with Gasteiger partial charge in [0.05, 0.1) is 11.2 Å². The van der Waals surface area contributed by atoms with Gasteiger partial charge < -0.3 is 22.9 Å². The molecule has 1 aliphatic rings. The number of hydrogen-bond acceptors (Lipinski definition) is 5. The van der Waals surface area contributed by atoms with Crippen LogP contribution in [0.4, 0.5) is 0 Å². The molecule has 3 unspecified atom stereocenters. The molecule has 0 aromatic carbocycles. The Morgan fingerprint density at radius 3 is 1.76 bits per heavy atom. The SMILES string of the molecule is CCC(C(C(=O)O)=C(C(=O)O)C(C)C)[Si]1(O[Si](C)(C)C)CCC(C)(C)O[Si]1(C)O[Si](C)(C)C. The maximum atomic E-state index is 12.7. The maximum absolute atomic E-state index is 12.7. The second kappa shape index (κ2) is 10.2. The van der Waals surface area contributed by atoms with Crippen molar-refractivity contribution in [3.05, 3.63) is 11.1 Å². The van der Waals surface area contributed by atoms with Crippen molar-refractivity contribution >= 4 is 44.5 Å². The van der Waals surface area contributed by atoms with Gasteiger partial charge >= 0.3 is 20.0 Å². The highest BCUT2D eigenvalue weighted by atomic mass is 29.3. The highest BCUT2D eigenvalue weighted by Gasteiger charge is 2.69. The van der Waals surface area contributed by atoms with Gasteiger partial charge in [-0.05, 0) is 84.5 Å². The molecular formula is C22H46O7Si4. The van der Waals surface area contributed by atoms with Crippen molar-refractivity contribution in [3.8, 4) is 0 Å². The van der Waals surface area contributed by atoms with Gasteiger partial charge in [0.15, 0.2) is 16.6 Å². The van der Waals surface area contributed by atoms with Crippen LogP contribution < -0.4 is 0 Å². The number of carboxylic acids is 2. The third-order valence-electron chi connectivity index (χ3n) is 5.98. The molecule has 0 spiro atoms. The van der Waals surface area contributed by atoms with Crippen LogP contribution in [0.2, 0.25) is 57.4 Å². The molecule has 0 aliphatic carbocycles. The zero-order chi connectivity index (χ0) is 26.2. The van der Waals surface area contributed by atoms with E-state index >= 15 is 0 Å². The number of aliphatic carboxylic acids is 2. The van der Waals surface area contributed by atoms with Crippen LogP contribution in [0.3, 0.4) is 0 Å². The zero-order valence-corrected chi connectivity index (χ0v) is 26.7. The van der Waals surface area contributed by atoms with Gasteiger partial charge in [-0.2, -0.15) is 0 Å². The largest absolute Gasteiger partial charge is 0.478 e. The predicted octanol–water partition coefficient (Wildman–Crippen LogP) is 5.89. The Bertz CT molecular complexity index is 779. The average molecular weight is 535 g/mol. The summed E-state index contributed by atoms with van der Waals surface area (Å²) in [6.45, 7) is 24.3. The van der Waals surface area contributed by atoms with E-state index in [1.165, 1.54) is 0 Å². The van der Waals surface area contributed by atoms with Crippen LogP contribution in [0, 0.1) is 5.92 Å². The predicted molar refractivity (Wildman–Crippen MR) is 142 cm³/mol. The summed E-state index contributed by atoms with van der Waals surface area (Å²) in [6.07, 6.45) is 1.21. The molecule has 1 aliphatic heterocycles. The lowest BCUT2D eigenvalue weighted by Gasteiger charge is -2.58. The molecule has 0 amide bonds. The van der Waals surface area contributed by atoms with Crippen molar-refractivity contribution < 1.29 is 32.5 Å². The topological polar surface area (TPSA) is 102 Å². The van der Waals surface area contributed by atoms with Crippen molar-refractivity contribution in [1.29, 1.82) is 0 Å². The highest BCUT2D eigenvalue weighted by Crippen LogP contribution is 2.52. The Hall–Kier alpha value is -0.572. The Kier molecular flexibility index (Phi) is 9.41. The first-order valence-corrected chi connectivity index (χ1v) is 24.2. The summed E-state index contributed by atoms with van der Waals surface area (Å²) in [5, 5.41) is 20.4. The van der Waals surface area contributed by atoms with Crippen molar-refractivity contribution in [2.75, 3.05) is 0 Å². The minimum absolute atomic E-state index is 0.00822. The molecule has 11 heteroatoms. The van der Waals surface area contributed by atoms with E-state index in [2.05, 4.69) is 59.7 Å². The summed E-state index contributed by atoms with van der Waals surface area (Å²) in [5.74, 6) is -2.79. The van der Waals surface area contributed by atoms with E-state index in [0.29, 0.717) is 12.5 Å². The minimum atomic E-state index is -3.09. The molecule has 1 heterocycles. The van der Waals surface area contributed by atoms with Crippen LogP contribution in [-0.4, -0.2) is 60.3 Å². The second-order valence-corrected chi connectivity index (χ2v) is 32.6. The standard InChI is InChI=1S/C22H46O7Si4/c1-13-17(19(21(25)26)18(16(2)3)20(23)24)33(29-31(9,10)11)15-14-22(4,5)27-32(33,12)28-30(6,7)8/h16-17H,13-15H2,1-12H3,(H,23,24)(H,25,26). The fraction of sp³-hybridized carbons (Fsp3) is 0.818. The molecule has 2 N–H and O–H groups in total. The third kappa shape index (κ3) is 7.21. The van der Waals surface area contributed by atoms with E-state index in [9.17, 15) is 19.8 Å². The molecule has 0 radical (unpaired) electrons. The third-order valence-corrected chi connectivity index (χ3v) is 27.7. The summed E-state index contributed by atoms with van der Waals surface area (Å²) < 4.78 is 20.9. The summed E-state index contributed by atoms with van der Waals surface area (Å²) in [5.41, 5.74) is -0.973. The van der Waals surface area contributed by atoms with Crippen LogP contribution in [0.1, 0.15) is 47.5 Å². The van der Waals surface area contributed by atoms with Gasteiger partial charge in [0.25, 0.3) is 0 Å². The van der Waals surface area contributed by atoms with Gasteiger partial charge in [-0.3, -0.25) is 0 Å². The van der Waals surface area contributed by atoms with Crippen LogP contribution >= 0.6 is 0 Å². The van der Waals surface area contributed by atoms with E-state index < -0.39 is 61.5 Å². The van der Waals surface area contributed by atoms with Gasteiger partial charge in [0, 0.05) is 11.1 Å². The number of hydrogen-bond donors (Lipinski definition) is 2. The molecule has 7 nitrogen and oxygen atoms in total. The first-order chi connectivity index (χ1) is 14.6. The molecule has 0 aromatic heterocycles. The quantitative estimate of drug-likeness (QED) is 0.266. The van der Waals surface area contributed by atoms with Crippen molar-refractivity contribution in [1.82, 2.24) is 0 Å². The number of carboxylic acid groups (broad SMARTS) is 2. The number of rotatable bonds is 10. The summed E-state index contributed by atoms with van der Waals surface area (Å²) in [4.78, 5) is 25.0. The highest BCUT2D eigenvalue weighted by molar-refractivity contribution is 7.37. The molecule has 192 valence electrons. The minimum Gasteiger partial charge on any atom is -0.478 e. The summed E-state index contributed by atoms with van der Waals surface area (Å²) in [7, 11) is -10.5. The molecule has 1 saturated heterocycles. The molecule has 0 saturated carbocycles. The van der Waals surface area contributed by atoms with E-state index in [1.807, 2.05) is 6.92 Å². The Morgan fingerprint density at radius 1 is 0.970 bits per heavy atom. The van der Waals surface area contributed by atoms with E-state index in [1.54, 1.807) is 13.8 Å². The Morgan fingerprint density at radius 2 is 1.42 bits per heavy atom. The number of carbonyl (C=O) groups is 2. The molecule has 33 heavy (non-hydrogen) atoms. The second-order valence-electron chi connectivity index (χ2n) is 12.2. The smallest absolute Gasteiger partial charge is 0.336 e. The van der Waals surface area contributed by atoms with E-state index in [-0.39, 0.29) is 11.1 Å². The Balaban J connectivity index is 4.09. The fourth-order valence-corrected chi connectivity index (χ4v) is 36.7. The van der Waals surface area contributed by atoms with Crippen LogP contribution in [0.15, 0.2) is 11.1 Å². The average Bonchev–Trinajstić information content (AvgIpc) is 2.53. The van der Waals surface area contributed by atoms with E-state index in [4.69, 9.17) is 12.7 Å². The molecule has 0 aromatic rings. The first-order valence-electron chi connectivity index (χ1n) is 11.9. The van der Waals surface area contributed by atoms with Crippen LogP contribution in [-0.2, 0) is 22.2 Å². The summed E-state index contributed by atoms with van der Waals surface area (Å²) >= 11 is 0. The van der Waals surface area contributed by atoms with Gasteiger partial charge in [-0.1, -0.05) is 20.8 Å². The molecule has 1 rings (SSSR count). The van der Waals surface area contributed by atoms with Gasteiger partial charge in [0.1, 0.15) is 0 Å². The first kappa shape index (κ1) is 30.5. The normalized spacial score (nSPS) is 27.8. The molecular weight excluding hydrogens is 489 g/mol. The maximum Gasteiger partial charge on any atom is 0.336 e. The molecule has 0 bridgehead atoms.